The Hall–Kier alpha value is -4.07. The van der Waals surface area contributed by atoms with Crippen LogP contribution in [0.15, 0.2) is 71.2 Å². The van der Waals surface area contributed by atoms with Gasteiger partial charge in [0.05, 0.1) is 10.7 Å². The summed E-state index contributed by atoms with van der Waals surface area (Å²) in [5.41, 5.74) is 6.88. The van der Waals surface area contributed by atoms with Crippen molar-refractivity contribution < 1.29 is 9.21 Å². The maximum atomic E-state index is 12.7. The molecule has 0 unspecified atom stereocenters. The molecule has 3 aromatic carbocycles. The third kappa shape index (κ3) is 5.76. The molecule has 0 saturated carbocycles. The van der Waals surface area contributed by atoms with Crippen LogP contribution in [0.5, 0.6) is 0 Å². The first kappa shape index (κ1) is 27.5. The predicted octanol–water partition coefficient (Wildman–Crippen LogP) is 8.10. The third-order valence-corrected chi connectivity index (χ3v) is 7.28. The smallest absolute Gasteiger partial charge is 0.248 e. The molecule has 0 spiro atoms. The number of nitrogens with zero attached hydrogens (tertiary/aromatic N) is 4. The number of aryl methyl sites for hydroxylation is 2. The zero-order valence-electron chi connectivity index (χ0n) is 22.7. The Morgan fingerprint density at radius 3 is 2.40 bits per heavy atom. The molecular weight excluding hydrogens is 545 g/mol. The molecule has 1 amide bonds. The van der Waals surface area contributed by atoms with Crippen molar-refractivity contribution in [2.24, 2.45) is 0 Å². The van der Waals surface area contributed by atoms with Gasteiger partial charge in [0.25, 0.3) is 0 Å². The number of hydrogen-bond donors (Lipinski definition) is 1. The van der Waals surface area contributed by atoms with Gasteiger partial charge >= 0.3 is 0 Å². The number of benzene rings is 3. The molecular formula is C31H29Cl2N5O2. The molecule has 7 nitrogen and oxygen atoms in total. The van der Waals surface area contributed by atoms with E-state index in [0.29, 0.717) is 32.8 Å². The molecule has 204 valence electrons. The minimum atomic E-state index is -0.292. The normalized spacial score (nSPS) is 11.4. The Labute approximate surface area is 243 Å². The van der Waals surface area contributed by atoms with E-state index in [-0.39, 0.29) is 5.91 Å². The van der Waals surface area contributed by atoms with Gasteiger partial charge < -0.3 is 14.6 Å². The number of amides is 1. The fraction of sp³-hybridized carbons (Fsp3) is 0.194. The average Bonchev–Trinajstić information content (AvgIpc) is 3.55. The number of carbonyl (C=O) groups excluding carboxylic acids is 1. The number of aromatic nitrogens is 3. The first-order chi connectivity index (χ1) is 19.2. The summed E-state index contributed by atoms with van der Waals surface area (Å²) in [6, 6.07) is 18.8. The molecule has 0 saturated heterocycles. The van der Waals surface area contributed by atoms with Crippen LogP contribution in [-0.2, 0) is 4.79 Å². The number of fused-ring (bicyclic) bond motifs is 1. The van der Waals surface area contributed by atoms with Crippen LogP contribution < -0.4 is 10.2 Å². The topological polar surface area (TPSA) is 76.2 Å². The first-order valence-electron chi connectivity index (χ1n) is 13.0. The van der Waals surface area contributed by atoms with E-state index in [1.165, 1.54) is 11.8 Å². The van der Waals surface area contributed by atoms with Gasteiger partial charge in [-0.15, -0.1) is 10.2 Å². The van der Waals surface area contributed by atoms with Gasteiger partial charge in [0, 0.05) is 41.1 Å². The highest BCUT2D eigenvalue weighted by atomic mass is 35.5. The second-order valence-corrected chi connectivity index (χ2v) is 10.3. The van der Waals surface area contributed by atoms with Gasteiger partial charge in [-0.1, -0.05) is 23.2 Å². The van der Waals surface area contributed by atoms with Crippen molar-refractivity contribution in [3.05, 3.63) is 93.7 Å². The minimum absolute atomic E-state index is 0.292. The zero-order valence-corrected chi connectivity index (χ0v) is 24.2. The maximum Gasteiger partial charge on any atom is 0.248 e. The van der Waals surface area contributed by atoms with Crippen molar-refractivity contribution in [2.45, 2.75) is 27.7 Å². The monoisotopic (exact) mass is 573 g/mol. The van der Waals surface area contributed by atoms with Crippen LogP contribution >= 0.6 is 23.2 Å². The van der Waals surface area contributed by atoms with Crippen molar-refractivity contribution in [1.29, 1.82) is 0 Å². The molecule has 0 fully saturated rings. The van der Waals surface area contributed by atoms with E-state index in [0.717, 1.165) is 41.0 Å². The lowest BCUT2D eigenvalue weighted by molar-refractivity contribution is -0.111. The Kier molecular flexibility index (Phi) is 7.96. The molecule has 0 aliphatic heterocycles. The summed E-state index contributed by atoms with van der Waals surface area (Å²) >= 11 is 12.3. The number of rotatable bonds is 8. The molecule has 1 N–H and O–H groups in total. The highest BCUT2D eigenvalue weighted by molar-refractivity contribution is 6.36. The van der Waals surface area contributed by atoms with Crippen molar-refractivity contribution in [3.8, 4) is 17.0 Å². The molecule has 9 heteroatoms. The van der Waals surface area contributed by atoms with Gasteiger partial charge in [0.15, 0.2) is 0 Å². The lowest BCUT2D eigenvalue weighted by atomic mass is 10.1. The Balaban J connectivity index is 1.32. The highest BCUT2D eigenvalue weighted by Gasteiger charge is 2.13. The summed E-state index contributed by atoms with van der Waals surface area (Å²) in [4.78, 5) is 16.7. The Morgan fingerprint density at radius 1 is 0.950 bits per heavy atom. The number of carbonyl (C=O) groups is 1. The standard InChI is InChI=1S/C31H29Cl2N5O2/c1-5-37(6-2)22-8-12-29(20(4)15-22)38-35-27-16-19(3)26(18-28(27)36-38)34-31(39)14-10-23-9-13-30(40-23)24-11-7-21(32)17-25(24)33/h7-18H,5-6H2,1-4H3,(H,34,39)/b14-10+. The molecule has 0 atom stereocenters. The fourth-order valence-electron chi connectivity index (χ4n) is 4.57. The summed E-state index contributed by atoms with van der Waals surface area (Å²) in [6.07, 6.45) is 3.03. The molecule has 0 bridgehead atoms. The average molecular weight is 575 g/mol. The number of furan rings is 1. The second-order valence-electron chi connectivity index (χ2n) is 9.44. The lowest BCUT2D eigenvalue weighted by Gasteiger charge is -2.22. The molecule has 0 aliphatic carbocycles. The summed E-state index contributed by atoms with van der Waals surface area (Å²) in [5.74, 6) is 0.817. The lowest BCUT2D eigenvalue weighted by Crippen LogP contribution is -2.21. The number of hydrogen-bond acceptors (Lipinski definition) is 5. The summed E-state index contributed by atoms with van der Waals surface area (Å²) in [5, 5.41) is 13.4. The van der Waals surface area contributed by atoms with Crippen LogP contribution in [0.2, 0.25) is 10.0 Å². The Morgan fingerprint density at radius 2 is 1.70 bits per heavy atom. The summed E-state index contributed by atoms with van der Waals surface area (Å²) < 4.78 is 5.84. The first-order valence-corrected chi connectivity index (χ1v) is 13.8. The van der Waals surface area contributed by atoms with Crippen LogP contribution in [-0.4, -0.2) is 34.0 Å². The van der Waals surface area contributed by atoms with Crippen LogP contribution in [0.1, 0.15) is 30.7 Å². The van der Waals surface area contributed by atoms with Gasteiger partial charge in [-0.25, -0.2) is 0 Å². The van der Waals surface area contributed by atoms with Crippen LogP contribution in [0.4, 0.5) is 11.4 Å². The molecule has 40 heavy (non-hydrogen) atoms. The number of anilines is 2. The predicted molar refractivity (Wildman–Crippen MR) is 164 cm³/mol. The number of halogens is 2. The minimum Gasteiger partial charge on any atom is -0.457 e. The zero-order chi connectivity index (χ0) is 28.4. The van der Waals surface area contributed by atoms with E-state index >= 15 is 0 Å². The van der Waals surface area contributed by atoms with Gasteiger partial charge in [-0.2, -0.15) is 4.80 Å². The second kappa shape index (κ2) is 11.6. The number of nitrogens with one attached hydrogen (secondary N) is 1. The van der Waals surface area contributed by atoms with Crippen molar-refractivity contribution in [3.63, 3.8) is 0 Å². The SMILES string of the molecule is CCN(CC)c1ccc(-n2nc3cc(C)c(NC(=O)/C=C/c4ccc(-c5ccc(Cl)cc5Cl)o4)cc3n2)c(C)c1. The highest BCUT2D eigenvalue weighted by Crippen LogP contribution is 2.32. The van der Waals surface area contributed by atoms with Crippen LogP contribution in [0.3, 0.4) is 0 Å². The summed E-state index contributed by atoms with van der Waals surface area (Å²) in [6.45, 7) is 10.2. The molecule has 5 rings (SSSR count). The van der Waals surface area contributed by atoms with Crippen molar-refractivity contribution in [2.75, 3.05) is 23.3 Å². The quantitative estimate of drug-likeness (QED) is 0.190. The van der Waals surface area contributed by atoms with E-state index in [4.69, 9.17) is 37.8 Å². The molecule has 2 aromatic heterocycles. The molecule has 5 aromatic rings. The third-order valence-electron chi connectivity index (χ3n) is 6.73. The van der Waals surface area contributed by atoms with Crippen molar-refractivity contribution in [1.82, 2.24) is 15.0 Å². The Bertz CT molecular complexity index is 1730. The van der Waals surface area contributed by atoms with Crippen LogP contribution in [0.25, 0.3) is 34.1 Å². The fourth-order valence-corrected chi connectivity index (χ4v) is 5.07. The molecule has 2 heterocycles. The van der Waals surface area contributed by atoms with E-state index in [9.17, 15) is 4.79 Å². The van der Waals surface area contributed by atoms with Gasteiger partial charge in [0.1, 0.15) is 22.6 Å². The largest absolute Gasteiger partial charge is 0.457 e. The van der Waals surface area contributed by atoms with Crippen molar-refractivity contribution >= 4 is 57.6 Å². The summed E-state index contributed by atoms with van der Waals surface area (Å²) in [7, 11) is 0. The van der Waals surface area contributed by atoms with E-state index in [2.05, 4.69) is 43.1 Å². The van der Waals surface area contributed by atoms with Gasteiger partial charge in [-0.3, -0.25) is 4.79 Å². The maximum absolute atomic E-state index is 12.7. The van der Waals surface area contributed by atoms with E-state index in [1.54, 1.807) is 41.2 Å². The molecule has 0 radical (unpaired) electrons. The van der Waals surface area contributed by atoms with E-state index in [1.807, 2.05) is 25.1 Å². The van der Waals surface area contributed by atoms with Gasteiger partial charge in [-0.05, 0) is 106 Å². The molecule has 0 aliphatic rings. The van der Waals surface area contributed by atoms with E-state index < -0.39 is 0 Å². The van der Waals surface area contributed by atoms with Crippen LogP contribution in [0, 0.1) is 13.8 Å². The van der Waals surface area contributed by atoms with Gasteiger partial charge in [0.2, 0.25) is 5.91 Å².